The first-order chi connectivity index (χ1) is 20.4. The van der Waals surface area contributed by atoms with Crippen molar-refractivity contribution in [1.29, 1.82) is 5.26 Å². The van der Waals surface area contributed by atoms with Gasteiger partial charge in [-0.05, 0) is 45.4 Å². The zero-order valence-electron chi connectivity index (χ0n) is 23.9. The molecule has 2 amide bonds. The number of alkyl halides is 6. The van der Waals surface area contributed by atoms with Gasteiger partial charge in [-0.25, -0.2) is 0 Å². The first-order valence-corrected chi connectivity index (χ1v) is 14.4. The average molecular weight is 660 g/mol. The number of thioether (sulfide) groups is 2. The van der Waals surface area contributed by atoms with Crippen molar-refractivity contribution in [3.8, 4) is 11.8 Å². The molecule has 44 heavy (non-hydrogen) atoms. The predicted molar refractivity (Wildman–Crippen MR) is 156 cm³/mol. The summed E-state index contributed by atoms with van der Waals surface area (Å²) in [7, 11) is 1.51. The van der Waals surface area contributed by atoms with Crippen molar-refractivity contribution in [2.24, 2.45) is 9.98 Å². The van der Waals surface area contributed by atoms with Crippen LogP contribution < -0.4 is 15.4 Å². The number of carbonyl (C=O) groups is 2. The standard InChI is InChI=1S/C14H12F3N3OS.C14H15F3N2O2S/c1-8(10-6-4-3-5-9(10)7-18)19-12-20-11(21)13(2,22-12)14(15,16)17;1-8(9-6-4-5-7-10(9)21-3)18-12-19-11(20)13(2,22-12)14(15,16)17/h3-6,8H,1-2H3,(H,19,20,21);4-8H,1-3H3,(H,18,19,20)/t2*8-,13?/m00/s1. The Balaban J connectivity index is 0.000000240. The molecule has 4 rings (SSSR count). The Bertz CT molecular complexity index is 1520. The number of nitrogens with one attached hydrogen (secondary N) is 2. The second kappa shape index (κ2) is 13.1. The van der Waals surface area contributed by atoms with Crippen molar-refractivity contribution in [1.82, 2.24) is 10.6 Å². The maximum atomic E-state index is 13.0. The van der Waals surface area contributed by atoms with Gasteiger partial charge >= 0.3 is 12.4 Å². The SMILES string of the molecule is COc1ccccc1[C@H](C)N=C1NC(=O)C(C)(C(F)(F)F)S1.C[C@H](N=C1NC(=O)C(C)(C(F)(F)F)S1)c1ccccc1C#N. The molecule has 2 aliphatic heterocycles. The largest absolute Gasteiger partial charge is 0.496 e. The van der Waals surface area contributed by atoms with Gasteiger partial charge in [0.15, 0.2) is 19.8 Å². The summed E-state index contributed by atoms with van der Waals surface area (Å²) in [5.41, 5.74) is 1.72. The fraction of sp³-hybridized carbons (Fsp3) is 0.393. The van der Waals surface area contributed by atoms with E-state index < -0.39 is 45.7 Å². The third-order valence-corrected chi connectivity index (χ3v) is 9.18. The molecule has 0 saturated carbocycles. The Labute approximate surface area is 257 Å². The van der Waals surface area contributed by atoms with Crippen LogP contribution in [-0.4, -0.2) is 51.1 Å². The number of para-hydroxylation sites is 1. The number of halogens is 6. The maximum Gasteiger partial charge on any atom is 0.412 e. The van der Waals surface area contributed by atoms with E-state index in [1.807, 2.05) is 6.07 Å². The number of ether oxygens (including phenoxy) is 1. The predicted octanol–water partition coefficient (Wildman–Crippen LogP) is 6.46. The first kappa shape index (κ1) is 34.8. The Morgan fingerprint density at radius 2 is 1.20 bits per heavy atom. The number of amidine groups is 2. The molecule has 2 fully saturated rings. The summed E-state index contributed by atoms with van der Waals surface area (Å²) >= 11 is 0.734. The summed E-state index contributed by atoms with van der Waals surface area (Å²) in [5, 5.41) is 13.3. The number of methoxy groups -OCH3 is 1. The molecule has 2 saturated heterocycles. The minimum absolute atomic E-state index is 0.0387. The number of rotatable bonds is 5. The molecular weight excluding hydrogens is 632 g/mol. The molecule has 2 N–H and O–H groups in total. The molecule has 4 atom stereocenters. The molecule has 2 aromatic rings. The van der Waals surface area contributed by atoms with E-state index in [0.29, 0.717) is 40.4 Å². The van der Waals surface area contributed by atoms with Gasteiger partial charge in [-0.2, -0.15) is 31.6 Å². The van der Waals surface area contributed by atoms with Crippen molar-refractivity contribution >= 4 is 45.7 Å². The van der Waals surface area contributed by atoms with Crippen molar-refractivity contribution in [3.05, 3.63) is 65.2 Å². The van der Waals surface area contributed by atoms with Gasteiger partial charge in [0, 0.05) is 5.56 Å². The number of carbonyl (C=O) groups excluding carboxylic acids is 2. The van der Waals surface area contributed by atoms with E-state index in [4.69, 9.17) is 10.00 Å². The lowest BCUT2D eigenvalue weighted by molar-refractivity contribution is -0.167. The molecule has 8 nitrogen and oxygen atoms in total. The molecule has 16 heteroatoms. The second-order valence-corrected chi connectivity index (χ2v) is 12.7. The highest BCUT2D eigenvalue weighted by molar-refractivity contribution is 8.16. The molecule has 0 aliphatic carbocycles. The molecule has 236 valence electrons. The van der Waals surface area contributed by atoms with Crippen molar-refractivity contribution in [2.75, 3.05) is 7.11 Å². The summed E-state index contributed by atoms with van der Waals surface area (Å²) < 4.78 is 78.0. The fourth-order valence-electron chi connectivity index (χ4n) is 3.92. The van der Waals surface area contributed by atoms with Gasteiger partial charge in [-0.3, -0.25) is 19.6 Å². The summed E-state index contributed by atoms with van der Waals surface area (Å²) in [4.78, 5) is 31.5. The number of aliphatic imine (C=N–C) groups is 2. The quantitative estimate of drug-likeness (QED) is 0.357. The molecule has 0 spiro atoms. The van der Waals surface area contributed by atoms with E-state index in [1.165, 1.54) is 7.11 Å². The molecule has 2 heterocycles. The Kier molecular flexibility index (Phi) is 10.4. The van der Waals surface area contributed by atoms with Gasteiger partial charge in [0.1, 0.15) is 5.75 Å². The van der Waals surface area contributed by atoms with Crippen LogP contribution in [0.4, 0.5) is 26.3 Å². The lowest BCUT2D eigenvalue weighted by atomic mass is 10.0. The normalized spacial score (nSPS) is 25.0. The van der Waals surface area contributed by atoms with Gasteiger partial charge < -0.3 is 15.4 Å². The zero-order chi connectivity index (χ0) is 33.1. The maximum absolute atomic E-state index is 13.0. The summed E-state index contributed by atoms with van der Waals surface area (Å²) in [5.74, 6) is -1.65. The fourth-order valence-corrected chi connectivity index (χ4v) is 5.92. The third-order valence-electron chi connectivity index (χ3n) is 6.73. The lowest BCUT2D eigenvalue weighted by Crippen LogP contribution is -2.46. The van der Waals surface area contributed by atoms with Crippen molar-refractivity contribution < 1.29 is 40.7 Å². The van der Waals surface area contributed by atoms with Crippen LogP contribution in [0, 0.1) is 11.3 Å². The van der Waals surface area contributed by atoms with Gasteiger partial charge in [0.05, 0.1) is 30.8 Å². The molecule has 0 aromatic heterocycles. The van der Waals surface area contributed by atoms with Gasteiger partial charge in [0.25, 0.3) is 11.8 Å². The highest BCUT2D eigenvalue weighted by atomic mass is 32.2. The second-order valence-electron chi connectivity index (χ2n) is 9.84. The van der Waals surface area contributed by atoms with Crippen LogP contribution >= 0.6 is 23.5 Å². The van der Waals surface area contributed by atoms with Crippen LogP contribution in [0.2, 0.25) is 0 Å². The topological polar surface area (TPSA) is 116 Å². The number of nitriles is 1. The summed E-state index contributed by atoms with van der Waals surface area (Å²) in [6.45, 7) is 5.05. The van der Waals surface area contributed by atoms with E-state index in [-0.39, 0.29) is 10.3 Å². The number of amides is 2. The van der Waals surface area contributed by atoms with Gasteiger partial charge in [0.2, 0.25) is 0 Å². The molecule has 2 unspecified atom stereocenters. The average Bonchev–Trinajstić information content (AvgIpc) is 3.42. The Morgan fingerprint density at radius 1 is 0.795 bits per heavy atom. The van der Waals surface area contributed by atoms with Crippen LogP contribution in [0.15, 0.2) is 58.5 Å². The molecule has 0 bridgehead atoms. The number of hydrogen-bond acceptors (Lipinski definition) is 8. The highest BCUT2D eigenvalue weighted by Gasteiger charge is 2.62. The number of nitrogens with zero attached hydrogens (tertiary/aromatic N) is 3. The van der Waals surface area contributed by atoms with E-state index in [1.54, 1.807) is 62.4 Å². The van der Waals surface area contributed by atoms with Crippen molar-refractivity contribution in [3.63, 3.8) is 0 Å². The van der Waals surface area contributed by atoms with Crippen LogP contribution in [0.3, 0.4) is 0 Å². The smallest absolute Gasteiger partial charge is 0.412 e. The van der Waals surface area contributed by atoms with Crippen molar-refractivity contribution in [2.45, 2.75) is 61.6 Å². The van der Waals surface area contributed by atoms with E-state index in [0.717, 1.165) is 19.4 Å². The van der Waals surface area contributed by atoms with E-state index in [2.05, 4.69) is 20.6 Å². The highest BCUT2D eigenvalue weighted by Crippen LogP contribution is 2.46. The lowest BCUT2D eigenvalue weighted by Gasteiger charge is -2.21. The Morgan fingerprint density at radius 3 is 1.61 bits per heavy atom. The minimum Gasteiger partial charge on any atom is -0.496 e. The van der Waals surface area contributed by atoms with Crippen LogP contribution in [0.5, 0.6) is 5.75 Å². The summed E-state index contributed by atoms with van der Waals surface area (Å²) in [6.07, 6.45) is -9.32. The zero-order valence-corrected chi connectivity index (χ0v) is 25.6. The Hall–Kier alpha value is -3.71. The molecule has 2 aromatic carbocycles. The van der Waals surface area contributed by atoms with Crippen LogP contribution in [0.1, 0.15) is 56.5 Å². The number of benzene rings is 2. The van der Waals surface area contributed by atoms with E-state index >= 15 is 0 Å². The molecule has 2 aliphatic rings. The van der Waals surface area contributed by atoms with Gasteiger partial charge in [-0.15, -0.1) is 0 Å². The first-order valence-electron chi connectivity index (χ1n) is 12.8. The number of hydrogen-bond donors (Lipinski definition) is 2. The minimum atomic E-state index is -4.67. The van der Waals surface area contributed by atoms with Gasteiger partial charge in [-0.1, -0.05) is 59.9 Å². The van der Waals surface area contributed by atoms with E-state index in [9.17, 15) is 35.9 Å². The van der Waals surface area contributed by atoms with Crippen LogP contribution in [-0.2, 0) is 9.59 Å². The van der Waals surface area contributed by atoms with Crippen LogP contribution in [0.25, 0.3) is 0 Å². The summed E-state index contributed by atoms with van der Waals surface area (Å²) in [6, 6.07) is 14.8. The molecular formula is C28H27F6N5O3S2. The molecule has 0 radical (unpaired) electrons. The third kappa shape index (κ3) is 7.15. The monoisotopic (exact) mass is 659 g/mol.